The monoisotopic (exact) mass is 142 g/mol. The molecule has 1 N–H and O–H groups in total. The fourth-order valence-electron chi connectivity index (χ4n) is 1.16. The number of hydrogen-bond acceptors (Lipinski definition) is 1. The molecule has 1 heteroatoms. The van der Waals surface area contributed by atoms with Crippen LogP contribution in [-0.2, 0) is 0 Å². The Morgan fingerprint density at radius 3 is 2.50 bits per heavy atom. The molecule has 0 fully saturated rings. The number of aliphatic hydroxyl groups is 1. The lowest BCUT2D eigenvalue weighted by Crippen LogP contribution is -2.13. The van der Waals surface area contributed by atoms with Gasteiger partial charge < -0.3 is 5.11 Å². The third-order valence-corrected chi connectivity index (χ3v) is 2.09. The minimum absolute atomic E-state index is 0.298. The van der Waals surface area contributed by atoms with Crippen molar-refractivity contribution in [1.29, 1.82) is 0 Å². The molecule has 0 saturated heterocycles. The molecule has 0 aromatic rings. The fourth-order valence-corrected chi connectivity index (χ4v) is 1.16. The van der Waals surface area contributed by atoms with Crippen molar-refractivity contribution >= 4 is 0 Å². The van der Waals surface area contributed by atoms with Crippen molar-refractivity contribution in [3.63, 3.8) is 0 Å². The number of aliphatic hydroxyl groups excluding tert-OH is 1. The summed E-state index contributed by atoms with van der Waals surface area (Å²) in [5.41, 5.74) is 0. The van der Waals surface area contributed by atoms with Gasteiger partial charge in [-0.05, 0) is 18.3 Å². The minimum Gasteiger partial charge on any atom is -0.396 e. The molecule has 0 aliphatic heterocycles. The molecule has 0 radical (unpaired) electrons. The Hall–Kier alpha value is -0.300. The third-order valence-electron chi connectivity index (χ3n) is 2.09. The van der Waals surface area contributed by atoms with Gasteiger partial charge in [0.1, 0.15) is 0 Å². The maximum Gasteiger partial charge on any atom is 0.0459 e. The van der Waals surface area contributed by atoms with E-state index in [-0.39, 0.29) is 0 Å². The maximum atomic E-state index is 8.83. The lowest BCUT2D eigenvalue weighted by atomic mass is 9.89. The Labute approximate surface area is 63.8 Å². The van der Waals surface area contributed by atoms with Gasteiger partial charge in [-0.3, -0.25) is 0 Å². The van der Waals surface area contributed by atoms with E-state index in [9.17, 15) is 0 Å². The van der Waals surface area contributed by atoms with Gasteiger partial charge in [-0.15, -0.1) is 6.58 Å². The Morgan fingerprint density at radius 2 is 2.20 bits per heavy atom. The van der Waals surface area contributed by atoms with Crippen LogP contribution < -0.4 is 0 Å². The zero-order valence-corrected chi connectivity index (χ0v) is 7.01. The van der Waals surface area contributed by atoms with E-state index in [1.165, 1.54) is 0 Å². The summed E-state index contributed by atoms with van der Waals surface area (Å²) < 4.78 is 0. The molecule has 0 unspecified atom stereocenters. The molecular weight excluding hydrogens is 124 g/mol. The molecule has 2 atom stereocenters. The van der Waals surface area contributed by atoms with Gasteiger partial charge in [-0.25, -0.2) is 0 Å². The predicted molar refractivity (Wildman–Crippen MR) is 44.8 cm³/mol. The first-order valence-electron chi connectivity index (χ1n) is 3.98. The zero-order valence-electron chi connectivity index (χ0n) is 7.01. The topological polar surface area (TPSA) is 20.2 Å². The van der Waals surface area contributed by atoms with E-state index in [2.05, 4.69) is 20.4 Å². The summed E-state index contributed by atoms with van der Waals surface area (Å²) in [7, 11) is 0. The van der Waals surface area contributed by atoms with Gasteiger partial charge in [0.05, 0.1) is 0 Å². The highest BCUT2D eigenvalue weighted by Gasteiger charge is 2.11. The van der Waals surface area contributed by atoms with Crippen LogP contribution in [0.5, 0.6) is 0 Å². The number of hydrogen-bond donors (Lipinski definition) is 1. The fraction of sp³-hybridized carbons (Fsp3) is 0.778. The molecule has 10 heavy (non-hydrogen) atoms. The summed E-state index contributed by atoms with van der Waals surface area (Å²) in [5, 5.41) is 8.83. The highest BCUT2D eigenvalue weighted by Crippen LogP contribution is 2.18. The average molecular weight is 142 g/mol. The molecule has 0 bridgehead atoms. The molecule has 0 heterocycles. The third kappa shape index (κ3) is 3.02. The highest BCUT2D eigenvalue weighted by atomic mass is 16.3. The molecule has 0 aliphatic carbocycles. The summed E-state index contributed by atoms with van der Waals surface area (Å²) in [6.07, 6.45) is 4.09. The highest BCUT2D eigenvalue weighted by molar-refractivity contribution is 4.75. The van der Waals surface area contributed by atoms with Gasteiger partial charge in [0, 0.05) is 6.61 Å². The number of rotatable bonds is 5. The van der Waals surface area contributed by atoms with Gasteiger partial charge >= 0.3 is 0 Å². The zero-order chi connectivity index (χ0) is 7.98. The molecule has 0 spiro atoms. The molecule has 1 nitrogen and oxygen atoms in total. The van der Waals surface area contributed by atoms with E-state index in [4.69, 9.17) is 5.11 Å². The molecule has 60 valence electrons. The molecular formula is C9H18O. The first-order valence-corrected chi connectivity index (χ1v) is 3.98. The molecule has 0 aromatic heterocycles. The van der Waals surface area contributed by atoms with E-state index >= 15 is 0 Å². The van der Waals surface area contributed by atoms with Gasteiger partial charge in [-0.1, -0.05) is 26.3 Å². The Bertz CT molecular complexity index is 88.7. The van der Waals surface area contributed by atoms with Crippen LogP contribution in [0.1, 0.15) is 26.7 Å². The first-order chi connectivity index (χ1) is 4.76. The lowest BCUT2D eigenvalue weighted by molar-refractivity contribution is 0.186. The van der Waals surface area contributed by atoms with Crippen molar-refractivity contribution in [3.8, 4) is 0 Å². The van der Waals surface area contributed by atoms with Crippen molar-refractivity contribution in [2.45, 2.75) is 26.7 Å². The van der Waals surface area contributed by atoms with Crippen LogP contribution in [0.25, 0.3) is 0 Å². The second kappa shape index (κ2) is 5.48. The van der Waals surface area contributed by atoms with Crippen LogP contribution in [0.15, 0.2) is 12.7 Å². The predicted octanol–water partition coefficient (Wildman–Crippen LogP) is 2.22. The smallest absolute Gasteiger partial charge is 0.0459 e. The van der Waals surface area contributed by atoms with Crippen LogP contribution >= 0.6 is 0 Å². The standard InChI is InChI=1S/C9H18O/c1-4-6-9(5-2)8(3)7-10/h4,8-10H,1,5-7H2,2-3H3/t8-,9-/m1/s1. The maximum absolute atomic E-state index is 8.83. The van der Waals surface area contributed by atoms with E-state index in [1.54, 1.807) is 0 Å². The summed E-state index contributed by atoms with van der Waals surface area (Å²) in [5.74, 6) is 1.03. The van der Waals surface area contributed by atoms with E-state index in [0.717, 1.165) is 12.8 Å². The number of allylic oxidation sites excluding steroid dienone is 1. The Morgan fingerprint density at radius 1 is 1.60 bits per heavy atom. The largest absolute Gasteiger partial charge is 0.396 e. The van der Waals surface area contributed by atoms with E-state index in [0.29, 0.717) is 18.4 Å². The Kier molecular flexibility index (Phi) is 5.32. The van der Waals surface area contributed by atoms with Crippen molar-refractivity contribution in [2.75, 3.05) is 6.61 Å². The van der Waals surface area contributed by atoms with Crippen molar-refractivity contribution in [3.05, 3.63) is 12.7 Å². The van der Waals surface area contributed by atoms with Gasteiger partial charge in [0.2, 0.25) is 0 Å². The minimum atomic E-state index is 0.298. The molecule has 0 aliphatic rings. The SMILES string of the molecule is C=CC[C@@H](CC)[C@H](C)CO. The van der Waals surface area contributed by atoms with Gasteiger partial charge in [0.15, 0.2) is 0 Å². The first kappa shape index (κ1) is 9.70. The molecule has 0 rings (SSSR count). The Balaban J connectivity index is 3.67. The summed E-state index contributed by atoms with van der Waals surface area (Å²) in [6, 6.07) is 0. The molecule has 0 aromatic carbocycles. The van der Waals surface area contributed by atoms with E-state index in [1.807, 2.05) is 6.08 Å². The van der Waals surface area contributed by atoms with Crippen LogP contribution in [0.2, 0.25) is 0 Å². The van der Waals surface area contributed by atoms with Crippen LogP contribution in [0, 0.1) is 11.8 Å². The van der Waals surface area contributed by atoms with Crippen LogP contribution in [0.4, 0.5) is 0 Å². The normalized spacial score (nSPS) is 16.3. The second-order valence-electron chi connectivity index (χ2n) is 2.85. The van der Waals surface area contributed by atoms with Crippen molar-refractivity contribution < 1.29 is 5.11 Å². The second-order valence-corrected chi connectivity index (χ2v) is 2.85. The van der Waals surface area contributed by atoms with Gasteiger partial charge in [-0.2, -0.15) is 0 Å². The van der Waals surface area contributed by atoms with Crippen molar-refractivity contribution in [2.24, 2.45) is 11.8 Å². The lowest BCUT2D eigenvalue weighted by Gasteiger charge is -2.18. The van der Waals surface area contributed by atoms with Crippen LogP contribution in [-0.4, -0.2) is 11.7 Å². The quantitative estimate of drug-likeness (QED) is 0.583. The molecule has 0 saturated carbocycles. The van der Waals surface area contributed by atoms with Crippen molar-refractivity contribution in [1.82, 2.24) is 0 Å². The average Bonchev–Trinajstić information content (AvgIpc) is 1.99. The van der Waals surface area contributed by atoms with Gasteiger partial charge in [0.25, 0.3) is 0 Å². The summed E-state index contributed by atoms with van der Waals surface area (Å²) in [6.45, 7) is 8.22. The summed E-state index contributed by atoms with van der Waals surface area (Å²) in [4.78, 5) is 0. The molecule has 0 amide bonds. The van der Waals surface area contributed by atoms with E-state index < -0.39 is 0 Å². The summed E-state index contributed by atoms with van der Waals surface area (Å²) >= 11 is 0. The van der Waals surface area contributed by atoms with Crippen LogP contribution in [0.3, 0.4) is 0 Å².